The number of halogens is 2. The lowest BCUT2D eigenvalue weighted by atomic mass is 10.4. The number of rotatable bonds is 4. The van der Waals surface area contributed by atoms with Gasteiger partial charge in [-0.2, -0.15) is 4.98 Å². The molecular weight excluding hydrogens is 253 g/mol. The van der Waals surface area contributed by atoms with Gasteiger partial charge in [-0.1, -0.05) is 17.7 Å². The molecule has 16 heavy (non-hydrogen) atoms. The van der Waals surface area contributed by atoms with Crippen LogP contribution in [0.4, 0.5) is 5.82 Å². The summed E-state index contributed by atoms with van der Waals surface area (Å²) in [6.45, 7) is 3.97. The molecule has 0 aliphatic carbocycles. The predicted octanol–water partition coefficient (Wildman–Crippen LogP) is 2.17. The number of ether oxygens (including phenoxy) is 1. The van der Waals surface area contributed by atoms with Crippen LogP contribution in [0.2, 0.25) is 10.3 Å². The third kappa shape index (κ3) is 2.84. The molecule has 1 heterocycles. The monoisotopic (exact) mass is 261 g/mol. The number of nitrogens with one attached hydrogen (secondary N) is 1. The first kappa shape index (κ1) is 12.7. The molecule has 0 fully saturated rings. The van der Waals surface area contributed by atoms with Crippen molar-refractivity contribution in [1.82, 2.24) is 9.97 Å². The lowest BCUT2D eigenvalue weighted by Crippen LogP contribution is -2.10. The predicted molar refractivity (Wildman–Crippen MR) is 62.1 cm³/mol. The lowest BCUT2D eigenvalue weighted by molar-refractivity contribution is 0.0594. The van der Waals surface area contributed by atoms with Gasteiger partial charge >= 0.3 is 5.97 Å². The number of hydrogen-bond donors (Lipinski definition) is 1. The van der Waals surface area contributed by atoms with Crippen LogP contribution in [0, 0.1) is 0 Å². The zero-order chi connectivity index (χ0) is 12.1. The first-order valence-electron chi connectivity index (χ1n) is 4.26. The molecule has 0 atom stereocenters. The summed E-state index contributed by atoms with van der Waals surface area (Å²) in [5, 5.41) is 2.81. The molecular formula is C9H9Cl2N3O2. The molecule has 0 aliphatic rings. The average Bonchev–Trinajstić information content (AvgIpc) is 2.28. The molecule has 0 aliphatic heterocycles. The third-order valence-electron chi connectivity index (χ3n) is 1.62. The third-order valence-corrected chi connectivity index (χ3v) is 2.14. The molecule has 1 N–H and O–H groups in total. The first-order valence-corrected chi connectivity index (χ1v) is 5.01. The van der Waals surface area contributed by atoms with Gasteiger partial charge in [-0.3, -0.25) is 0 Å². The lowest BCUT2D eigenvalue weighted by Gasteiger charge is -2.08. The molecule has 86 valence electrons. The molecule has 1 rings (SSSR count). The highest BCUT2D eigenvalue weighted by Crippen LogP contribution is 2.24. The van der Waals surface area contributed by atoms with Crippen molar-refractivity contribution < 1.29 is 9.53 Å². The average molecular weight is 262 g/mol. The van der Waals surface area contributed by atoms with E-state index < -0.39 is 5.97 Å². The van der Waals surface area contributed by atoms with E-state index in [9.17, 15) is 4.79 Å². The van der Waals surface area contributed by atoms with Crippen LogP contribution in [0.1, 0.15) is 10.5 Å². The van der Waals surface area contributed by atoms with Gasteiger partial charge in [-0.15, -0.1) is 6.58 Å². The van der Waals surface area contributed by atoms with E-state index in [1.54, 1.807) is 6.08 Å². The minimum atomic E-state index is -0.670. The summed E-state index contributed by atoms with van der Waals surface area (Å²) in [7, 11) is 1.23. The summed E-state index contributed by atoms with van der Waals surface area (Å²) < 4.78 is 4.51. The van der Waals surface area contributed by atoms with Crippen molar-refractivity contribution in [1.29, 1.82) is 0 Å². The highest BCUT2D eigenvalue weighted by molar-refractivity contribution is 6.36. The second-order valence-corrected chi connectivity index (χ2v) is 3.38. The number of methoxy groups -OCH3 is 1. The van der Waals surface area contributed by atoms with Crippen LogP contribution in [0.25, 0.3) is 0 Å². The number of esters is 1. The fraction of sp³-hybridized carbons (Fsp3) is 0.222. The Morgan fingerprint density at radius 2 is 2.25 bits per heavy atom. The summed E-state index contributed by atoms with van der Waals surface area (Å²) in [6, 6.07) is 0. The van der Waals surface area contributed by atoms with Crippen molar-refractivity contribution in [2.75, 3.05) is 19.0 Å². The van der Waals surface area contributed by atoms with E-state index in [4.69, 9.17) is 23.2 Å². The number of aromatic nitrogens is 2. The van der Waals surface area contributed by atoms with Gasteiger partial charge in [-0.25, -0.2) is 9.78 Å². The van der Waals surface area contributed by atoms with E-state index in [0.29, 0.717) is 6.54 Å². The normalized spacial score (nSPS) is 9.69. The van der Waals surface area contributed by atoms with Gasteiger partial charge in [0.1, 0.15) is 5.02 Å². The van der Waals surface area contributed by atoms with Crippen molar-refractivity contribution in [3.63, 3.8) is 0 Å². The number of anilines is 1. The van der Waals surface area contributed by atoms with E-state index >= 15 is 0 Å². The fourth-order valence-electron chi connectivity index (χ4n) is 0.938. The quantitative estimate of drug-likeness (QED) is 0.511. The minimum absolute atomic E-state index is 0.0677. The van der Waals surface area contributed by atoms with E-state index in [0.717, 1.165) is 0 Å². The SMILES string of the molecule is C=CCNc1nc(Cl)nc(C(=O)OC)c1Cl. The molecule has 7 heteroatoms. The Hall–Kier alpha value is -1.33. The van der Waals surface area contributed by atoms with Crippen LogP contribution in [0.5, 0.6) is 0 Å². The molecule has 0 amide bonds. The number of hydrogen-bond acceptors (Lipinski definition) is 5. The first-order chi connectivity index (χ1) is 7.60. The van der Waals surface area contributed by atoms with Crippen molar-refractivity contribution in [2.45, 2.75) is 0 Å². The molecule has 0 saturated heterocycles. The highest BCUT2D eigenvalue weighted by atomic mass is 35.5. The van der Waals surface area contributed by atoms with Crippen LogP contribution < -0.4 is 5.32 Å². The van der Waals surface area contributed by atoms with Gasteiger partial charge in [0.25, 0.3) is 0 Å². The maximum Gasteiger partial charge on any atom is 0.358 e. The Morgan fingerprint density at radius 3 is 2.81 bits per heavy atom. The zero-order valence-electron chi connectivity index (χ0n) is 8.46. The van der Waals surface area contributed by atoms with Crippen molar-refractivity contribution in [2.24, 2.45) is 0 Å². The molecule has 1 aromatic heterocycles. The largest absolute Gasteiger partial charge is 0.464 e. The summed E-state index contributed by atoms with van der Waals surface area (Å²) in [4.78, 5) is 18.8. The van der Waals surface area contributed by atoms with E-state index in [1.165, 1.54) is 7.11 Å². The Kier molecular flexibility index (Phi) is 4.52. The van der Waals surface area contributed by atoms with Gasteiger partial charge < -0.3 is 10.1 Å². The Balaban J connectivity index is 3.14. The molecule has 0 aromatic carbocycles. The second kappa shape index (κ2) is 5.67. The van der Waals surface area contributed by atoms with Gasteiger partial charge in [0, 0.05) is 6.54 Å². The summed E-state index contributed by atoms with van der Waals surface area (Å²) >= 11 is 11.6. The molecule has 0 unspecified atom stereocenters. The Bertz CT molecular complexity index is 423. The van der Waals surface area contributed by atoms with E-state index in [2.05, 4.69) is 26.6 Å². The zero-order valence-corrected chi connectivity index (χ0v) is 9.97. The van der Waals surface area contributed by atoms with Crippen molar-refractivity contribution in [3.05, 3.63) is 28.7 Å². The maximum atomic E-state index is 11.3. The summed E-state index contributed by atoms with van der Waals surface area (Å²) in [5.74, 6) is -0.405. The minimum Gasteiger partial charge on any atom is -0.464 e. The summed E-state index contributed by atoms with van der Waals surface area (Å²) in [5.41, 5.74) is -0.0734. The van der Waals surface area contributed by atoms with Crippen LogP contribution >= 0.6 is 23.2 Å². The van der Waals surface area contributed by atoms with Crippen LogP contribution in [-0.2, 0) is 4.74 Å². The number of nitrogens with zero attached hydrogens (tertiary/aromatic N) is 2. The van der Waals surface area contributed by atoms with Crippen LogP contribution in [-0.4, -0.2) is 29.6 Å². The van der Waals surface area contributed by atoms with Crippen molar-refractivity contribution in [3.8, 4) is 0 Å². The summed E-state index contributed by atoms with van der Waals surface area (Å²) in [6.07, 6.45) is 1.62. The smallest absolute Gasteiger partial charge is 0.358 e. The number of carbonyl (C=O) groups excluding carboxylic acids is 1. The number of carbonyl (C=O) groups is 1. The van der Waals surface area contributed by atoms with Crippen LogP contribution in [0.3, 0.4) is 0 Å². The topological polar surface area (TPSA) is 64.1 Å². The van der Waals surface area contributed by atoms with Gasteiger partial charge in [0.05, 0.1) is 7.11 Å². The van der Waals surface area contributed by atoms with Gasteiger partial charge in [-0.05, 0) is 11.6 Å². The van der Waals surface area contributed by atoms with E-state index in [-0.39, 0.29) is 21.8 Å². The maximum absolute atomic E-state index is 11.3. The molecule has 0 saturated carbocycles. The molecule has 0 spiro atoms. The molecule has 5 nitrogen and oxygen atoms in total. The van der Waals surface area contributed by atoms with Gasteiger partial charge in [0.15, 0.2) is 11.5 Å². The molecule has 0 radical (unpaired) electrons. The molecule has 0 bridgehead atoms. The standard InChI is InChI=1S/C9H9Cl2N3O2/c1-3-4-12-7-5(10)6(8(15)16-2)13-9(11)14-7/h3H,1,4H2,2H3,(H,12,13,14). The highest BCUT2D eigenvalue weighted by Gasteiger charge is 2.18. The fourth-order valence-corrected chi connectivity index (χ4v) is 1.34. The van der Waals surface area contributed by atoms with Crippen LogP contribution in [0.15, 0.2) is 12.7 Å². The van der Waals surface area contributed by atoms with Gasteiger partial charge in [0.2, 0.25) is 5.28 Å². The second-order valence-electron chi connectivity index (χ2n) is 2.66. The molecule has 1 aromatic rings. The Morgan fingerprint density at radius 1 is 1.56 bits per heavy atom. The van der Waals surface area contributed by atoms with E-state index in [1.807, 2.05) is 0 Å². The van der Waals surface area contributed by atoms with Crippen molar-refractivity contribution >= 4 is 35.0 Å². The Labute approximate surface area is 102 Å².